The van der Waals surface area contributed by atoms with Gasteiger partial charge in [0.2, 0.25) is 0 Å². The number of halogens is 1. The summed E-state index contributed by atoms with van der Waals surface area (Å²) in [6.45, 7) is 3.03. The first-order chi connectivity index (χ1) is 6.65. The number of piperidine rings is 1. The molecule has 1 atom stereocenters. The molecule has 0 aromatic carbocycles. The Bertz CT molecular complexity index is 191. The Morgan fingerprint density at radius 3 is 2.57 bits per heavy atom. The van der Waals surface area contributed by atoms with Crippen molar-refractivity contribution in [1.29, 1.82) is 0 Å². The van der Waals surface area contributed by atoms with Crippen LogP contribution in [-0.4, -0.2) is 41.8 Å². The van der Waals surface area contributed by atoms with E-state index >= 15 is 0 Å². The molecule has 0 aliphatic carbocycles. The van der Waals surface area contributed by atoms with E-state index in [0.717, 1.165) is 25.9 Å². The summed E-state index contributed by atoms with van der Waals surface area (Å²) in [7, 11) is 0. The van der Waals surface area contributed by atoms with E-state index in [0.29, 0.717) is 12.3 Å². The van der Waals surface area contributed by atoms with Crippen LogP contribution in [0.1, 0.15) is 26.2 Å². The molecule has 1 heterocycles. The van der Waals surface area contributed by atoms with Crippen LogP contribution in [0.15, 0.2) is 0 Å². The molecule has 1 rings (SSSR count). The van der Waals surface area contributed by atoms with Crippen molar-refractivity contribution in [2.45, 2.75) is 32.2 Å². The minimum Gasteiger partial charge on any atom is -0.480 e. The molecule has 0 bridgehead atoms. The number of nitrogens with zero attached hydrogens (tertiary/aromatic N) is 1. The van der Waals surface area contributed by atoms with Gasteiger partial charge in [0.15, 0.2) is 0 Å². The zero-order valence-electron chi connectivity index (χ0n) is 8.58. The average Bonchev–Trinajstić information content (AvgIpc) is 2.18. The zero-order chi connectivity index (χ0) is 10.6. The quantitative estimate of drug-likeness (QED) is 0.753. The van der Waals surface area contributed by atoms with Crippen LogP contribution in [0.25, 0.3) is 0 Å². The SMILES string of the molecule is CC(C(=O)O)N1CCC(CCF)CC1. The molecule has 1 aliphatic rings. The first kappa shape index (κ1) is 11.4. The van der Waals surface area contributed by atoms with Crippen molar-refractivity contribution < 1.29 is 14.3 Å². The molecule has 1 fully saturated rings. The number of hydrogen-bond donors (Lipinski definition) is 1. The number of aliphatic carboxylic acids is 1. The Hall–Kier alpha value is -0.640. The summed E-state index contributed by atoms with van der Waals surface area (Å²) in [6, 6.07) is -0.402. The molecule has 0 spiro atoms. The maximum atomic E-state index is 12.1. The van der Waals surface area contributed by atoms with E-state index < -0.39 is 12.0 Å². The van der Waals surface area contributed by atoms with Gasteiger partial charge in [-0.15, -0.1) is 0 Å². The second kappa shape index (κ2) is 5.29. The van der Waals surface area contributed by atoms with Gasteiger partial charge in [0.05, 0.1) is 6.67 Å². The smallest absolute Gasteiger partial charge is 0.320 e. The van der Waals surface area contributed by atoms with Crippen molar-refractivity contribution in [3.8, 4) is 0 Å². The Morgan fingerprint density at radius 2 is 2.14 bits per heavy atom. The van der Waals surface area contributed by atoms with E-state index in [2.05, 4.69) is 0 Å². The van der Waals surface area contributed by atoms with Gasteiger partial charge in [0.25, 0.3) is 0 Å². The molecule has 0 radical (unpaired) electrons. The molecule has 3 nitrogen and oxygen atoms in total. The first-order valence-electron chi connectivity index (χ1n) is 5.18. The van der Waals surface area contributed by atoms with Gasteiger partial charge >= 0.3 is 5.97 Å². The summed E-state index contributed by atoms with van der Waals surface area (Å²) >= 11 is 0. The van der Waals surface area contributed by atoms with E-state index in [1.165, 1.54) is 0 Å². The minimum absolute atomic E-state index is 0.251. The number of alkyl halides is 1. The highest BCUT2D eigenvalue weighted by molar-refractivity contribution is 5.72. The molecule has 0 aromatic rings. The van der Waals surface area contributed by atoms with E-state index in [1.807, 2.05) is 4.90 Å². The Morgan fingerprint density at radius 1 is 1.57 bits per heavy atom. The summed E-state index contributed by atoms with van der Waals surface area (Å²) in [5.41, 5.74) is 0. The van der Waals surface area contributed by atoms with Crippen LogP contribution < -0.4 is 0 Å². The molecule has 82 valence electrons. The summed E-state index contributed by atoms with van der Waals surface area (Å²) in [6.07, 6.45) is 2.50. The lowest BCUT2D eigenvalue weighted by molar-refractivity contribution is -0.143. The van der Waals surface area contributed by atoms with Gasteiger partial charge in [-0.25, -0.2) is 0 Å². The lowest BCUT2D eigenvalue weighted by Crippen LogP contribution is -2.43. The van der Waals surface area contributed by atoms with Crippen molar-refractivity contribution in [1.82, 2.24) is 4.90 Å². The molecular weight excluding hydrogens is 185 g/mol. The second-order valence-electron chi connectivity index (χ2n) is 3.97. The van der Waals surface area contributed by atoms with Gasteiger partial charge in [0.1, 0.15) is 6.04 Å². The molecule has 0 amide bonds. The highest BCUT2D eigenvalue weighted by Gasteiger charge is 2.25. The minimum atomic E-state index is -0.769. The van der Waals surface area contributed by atoms with E-state index in [-0.39, 0.29) is 6.67 Å². The Kier molecular flexibility index (Phi) is 4.32. The third-order valence-corrected chi connectivity index (χ3v) is 3.07. The predicted molar refractivity (Wildman–Crippen MR) is 52.0 cm³/mol. The van der Waals surface area contributed by atoms with Crippen molar-refractivity contribution in [2.24, 2.45) is 5.92 Å². The number of carboxylic acids is 1. The van der Waals surface area contributed by atoms with Gasteiger partial charge in [-0.3, -0.25) is 14.1 Å². The lowest BCUT2D eigenvalue weighted by Gasteiger charge is -2.33. The van der Waals surface area contributed by atoms with Crippen LogP contribution in [0.3, 0.4) is 0 Å². The average molecular weight is 203 g/mol. The van der Waals surface area contributed by atoms with Crippen LogP contribution in [0.2, 0.25) is 0 Å². The third-order valence-electron chi connectivity index (χ3n) is 3.07. The zero-order valence-corrected chi connectivity index (χ0v) is 8.58. The van der Waals surface area contributed by atoms with Gasteiger partial charge < -0.3 is 5.11 Å². The molecule has 4 heteroatoms. The largest absolute Gasteiger partial charge is 0.480 e. The molecule has 1 N–H and O–H groups in total. The fraction of sp³-hybridized carbons (Fsp3) is 0.900. The van der Waals surface area contributed by atoms with Crippen LogP contribution in [-0.2, 0) is 4.79 Å². The van der Waals surface area contributed by atoms with Gasteiger partial charge in [-0.2, -0.15) is 0 Å². The first-order valence-corrected chi connectivity index (χ1v) is 5.18. The van der Waals surface area contributed by atoms with Crippen molar-refractivity contribution in [3.63, 3.8) is 0 Å². The summed E-state index contributed by atoms with van der Waals surface area (Å²) < 4.78 is 12.1. The molecule has 1 unspecified atom stereocenters. The van der Waals surface area contributed by atoms with Crippen LogP contribution in [0.5, 0.6) is 0 Å². The van der Waals surface area contributed by atoms with E-state index in [1.54, 1.807) is 6.92 Å². The standard InChI is InChI=1S/C10H18FNO2/c1-8(10(13)14)12-6-3-9(2-5-11)4-7-12/h8-9H,2-7H2,1H3,(H,13,14). The normalized spacial score (nSPS) is 22.1. The number of rotatable bonds is 4. The molecule has 1 aliphatic heterocycles. The highest BCUT2D eigenvalue weighted by atomic mass is 19.1. The number of carboxylic acid groups (broad SMARTS) is 1. The Balaban J connectivity index is 2.31. The van der Waals surface area contributed by atoms with Crippen LogP contribution in [0.4, 0.5) is 4.39 Å². The van der Waals surface area contributed by atoms with Crippen LogP contribution >= 0.6 is 0 Å². The Labute approximate surface area is 83.9 Å². The monoisotopic (exact) mass is 203 g/mol. The fourth-order valence-corrected chi connectivity index (χ4v) is 1.94. The van der Waals surface area contributed by atoms with Gasteiger partial charge in [0, 0.05) is 0 Å². The molecule has 14 heavy (non-hydrogen) atoms. The van der Waals surface area contributed by atoms with E-state index in [9.17, 15) is 9.18 Å². The summed E-state index contributed by atoms with van der Waals surface area (Å²) in [5, 5.41) is 8.80. The van der Waals surface area contributed by atoms with Crippen LogP contribution in [0, 0.1) is 5.92 Å². The highest BCUT2D eigenvalue weighted by Crippen LogP contribution is 2.21. The maximum absolute atomic E-state index is 12.1. The van der Waals surface area contributed by atoms with E-state index in [4.69, 9.17) is 5.11 Å². The maximum Gasteiger partial charge on any atom is 0.320 e. The summed E-state index contributed by atoms with van der Waals surface area (Å²) in [5.74, 6) is -0.314. The number of carbonyl (C=O) groups is 1. The molecule has 0 saturated carbocycles. The third kappa shape index (κ3) is 2.94. The van der Waals surface area contributed by atoms with Crippen molar-refractivity contribution in [2.75, 3.05) is 19.8 Å². The fourth-order valence-electron chi connectivity index (χ4n) is 1.94. The molecule has 0 aromatic heterocycles. The van der Waals surface area contributed by atoms with Crippen molar-refractivity contribution in [3.05, 3.63) is 0 Å². The second-order valence-corrected chi connectivity index (χ2v) is 3.97. The summed E-state index contributed by atoms with van der Waals surface area (Å²) in [4.78, 5) is 12.7. The molecule has 1 saturated heterocycles. The van der Waals surface area contributed by atoms with Gasteiger partial charge in [-0.05, 0) is 45.2 Å². The topological polar surface area (TPSA) is 40.5 Å². The number of hydrogen-bond acceptors (Lipinski definition) is 2. The molecular formula is C10H18FNO2. The lowest BCUT2D eigenvalue weighted by atomic mass is 9.93. The van der Waals surface area contributed by atoms with Gasteiger partial charge in [-0.1, -0.05) is 0 Å². The number of likely N-dealkylation sites (tertiary alicyclic amines) is 1. The predicted octanol–water partition coefficient (Wildman–Crippen LogP) is 1.53. The van der Waals surface area contributed by atoms with Crippen molar-refractivity contribution >= 4 is 5.97 Å².